The molecule has 1 amide bonds. The number of ether oxygens (including phenoxy) is 1. The van der Waals surface area contributed by atoms with E-state index in [-0.39, 0.29) is 5.91 Å². The van der Waals surface area contributed by atoms with Crippen molar-refractivity contribution in [2.24, 2.45) is 0 Å². The van der Waals surface area contributed by atoms with Crippen molar-refractivity contribution in [3.05, 3.63) is 29.8 Å². The molecule has 0 aliphatic carbocycles. The number of nitrogens with zero attached hydrogens (tertiary/aromatic N) is 1. The molecular formula is C20H30N2O4. The number of anilines is 1. The highest BCUT2D eigenvalue weighted by Gasteiger charge is 2.34. The minimum atomic E-state index is -1.24. The molecule has 6 heteroatoms. The zero-order valence-corrected chi connectivity index (χ0v) is 15.8. The Balaban J connectivity index is 1.98. The Morgan fingerprint density at radius 3 is 2.38 bits per heavy atom. The quantitative estimate of drug-likeness (QED) is 0.660. The van der Waals surface area contributed by atoms with Crippen molar-refractivity contribution < 1.29 is 19.4 Å². The smallest absolute Gasteiger partial charge is 0.329 e. The van der Waals surface area contributed by atoms with Crippen LogP contribution >= 0.6 is 0 Å². The molecule has 1 atom stereocenters. The molecular weight excluding hydrogens is 332 g/mol. The zero-order valence-electron chi connectivity index (χ0n) is 15.8. The highest BCUT2D eigenvalue weighted by molar-refractivity contribution is 5.98. The number of amides is 1. The van der Waals surface area contributed by atoms with E-state index in [1.165, 1.54) is 0 Å². The summed E-state index contributed by atoms with van der Waals surface area (Å²) in [5.41, 5.74) is 0.279. The van der Waals surface area contributed by atoms with E-state index in [9.17, 15) is 14.7 Å². The molecule has 0 aromatic heterocycles. The Morgan fingerprint density at radius 1 is 1.15 bits per heavy atom. The third-order valence-electron chi connectivity index (χ3n) is 4.90. The Hall–Kier alpha value is -2.08. The third-order valence-corrected chi connectivity index (χ3v) is 4.90. The fourth-order valence-corrected chi connectivity index (χ4v) is 3.10. The van der Waals surface area contributed by atoms with Crippen LogP contribution in [0.3, 0.4) is 0 Å². The van der Waals surface area contributed by atoms with E-state index in [0.29, 0.717) is 25.2 Å². The van der Waals surface area contributed by atoms with Crippen molar-refractivity contribution in [3.63, 3.8) is 0 Å². The topological polar surface area (TPSA) is 78.9 Å². The first-order valence-corrected chi connectivity index (χ1v) is 9.45. The molecule has 0 bridgehead atoms. The molecule has 6 nitrogen and oxygen atoms in total. The number of morpholine rings is 1. The second-order valence-corrected chi connectivity index (χ2v) is 7.05. The first kappa shape index (κ1) is 20.2. The maximum atomic E-state index is 12.5. The van der Waals surface area contributed by atoms with E-state index in [1.807, 2.05) is 12.1 Å². The van der Waals surface area contributed by atoms with E-state index < -0.39 is 11.5 Å². The minimum Gasteiger partial charge on any atom is -0.480 e. The highest BCUT2D eigenvalue weighted by Crippen LogP contribution is 2.19. The molecule has 144 valence electrons. The van der Waals surface area contributed by atoms with Crippen LogP contribution in [0, 0.1) is 0 Å². The molecule has 1 aliphatic heterocycles. The SMILES string of the molecule is CCCCCCC(C)(NC(=O)c1ccc(N2CCOCC2)cc1)C(=O)O. The van der Waals surface area contributed by atoms with Crippen molar-refractivity contribution in [1.82, 2.24) is 5.32 Å². The van der Waals surface area contributed by atoms with Gasteiger partial charge in [-0.1, -0.05) is 32.6 Å². The molecule has 1 unspecified atom stereocenters. The number of nitrogens with one attached hydrogen (secondary N) is 1. The summed E-state index contributed by atoms with van der Waals surface area (Å²) in [5.74, 6) is -1.34. The number of unbranched alkanes of at least 4 members (excludes halogenated alkanes) is 3. The number of carboxylic acids is 1. The summed E-state index contributed by atoms with van der Waals surface area (Å²) in [6.07, 6.45) is 4.36. The lowest BCUT2D eigenvalue weighted by molar-refractivity contribution is -0.144. The maximum Gasteiger partial charge on any atom is 0.329 e. The number of hydrogen-bond acceptors (Lipinski definition) is 4. The lowest BCUT2D eigenvalue weighted by atomic mass is 9.93. The van der Waals surface area contributed by atoms with Gasteiger partial charge in [-0.15, -0.1) is 0 Å². The second kappa shape index (κ2) is 9.57. The number of carboxylic acid groups (broad SMARTS) is 1. The summed E-state index contributed by atoms with van der Waals surface area (Å²) in [6.45, 7) is 6.77. The summed E-state index contributed by atoms with van der Waals surface area (Å²) >= 11 is 0. The molecule has 1 aliphatic rings. The van der Waals surface area contributed by atoms with Gasteiger partial charge in [-0.25, -0.2) is 4.79 Å². The van der Waals surface area contributed by atoms with E-state index >= 15 is 0 Å². The van der Waals surface area contributed by atoms with E-state index in [4.69, 9.17) is 4.74 Å². The number of benzene rings is 1. The standard InChI is InChI=1S/C20H30N2O4/c1-3-4-5-6-11-20(2,19(24)25)21-18(23)16-7-9-17(10-8-16)22-12-14-26-15-13-22/h7-10H,3-6,11-15H2,1-2H3,(H,21,23)(H,24,25). The summed E-state index contributed by atoms with van der Waals surface area (Å²) in [4.78, 5) is 26.4. The van der Waals surface area contributed by atoms with Crippen LogP contribution in [-0.4, -0.2) is 48.8 Å². The van der Waals surface area contributed by atoms with Crippen molar-refractivity contribution in [3.8, 4) is 0 Å². The largest absolute Gasteiger partial charge is 0.480 e. The average Bonchev–Trinajstić information content (AvgIpc) is 2.66. The van der Waals surface area contributed by atoms with Gasteiger partial charge in [-0.2, -0.15) is 0 Å². The zero-order chi connectivity index (χ0) is 19.0. The van der Waals surface area contributed by atoms with Crippen molar-refractivity contribution in [2.75, 3.05) is 31.2 Å². The van der Waals surface area contributed by atoms with Crippen LogP contribution in [0.4, 0.5) is 5.69 Å². The maximum absolute atomic E-state index is 12.5. The average molecular weight is 362 g/mol. The number of rotatable bonds is 9. The van der Waals surface area contributed by atoms with Gasteiger partial charge >= 0.3 is 5.97 Å². The van der Waals surface area contributed by atoms with Gasteiger partial charge in [0.05, 0.1) is 13.2 Å². The van der Waals surface area contributed by atoms with Crippen LogP contribution in [0.1, 0.15) is 56.3 Å². The first-order chi connectivity index (χ1) is 12.5. The lowest BCUT2D eigenvalue weighted by Gasteiger charge is -2.29. The normalized spacial score (nSPS) is 16.8. The van der Waals surface area contributed by atoms with Crippen molar-refractivity contribution in [1.29, 1.82) is 0 Å². The molecule has 0 spiro atoms. The number of hydrogen-bond donors (Lipinski definition) is 2. The van der Waals surface area contributed by atoms with Gasteiger partial charge in [0.2, 0.25) is 0 Å². The Labute approximate surface area is 155 Å². The summed E-state index contributed by atoms with van der Waals surface area (Å²) in [7, 11) is 0. The summed E-state index contributed by atoms with van der Waals surface area (Å²) in [5, 5.41) is 12.3. The van der Waals surface area contributed by atoms with Gasteiger partial charge in [-0.05, 0) is 37.6 Å². The fourth-order valence-electron chi connectivity index (χ4n) is 3.10. The first-order valence-electron chi connectivity index (χ1n) is 9.45. The van der Waals surface area contributed by atoms with Crippen LogP contribution in [0.15, 0.2) is 24.3 Å². The van der Waals surface area contributed by atoms with E-state index in [0.717, 1.165) is 44.5 Å². The monoisotopic (exact) mass is 362 g/mol. The molecule has 1 aromatic rings. The molecule has 26 heavy (non-hydrogen) atoms. The molecule has 1 heterocycles. The summed E-state index contributed by atoms with van der Waals surface area (Å²) < 4.78 is 5.35. The molecule has 0 radical (unpaired) electrons. The van der Waals surface area contributed by atoms with Crippen LogP contribution in [0.5, 0.6) is 0 Å². The highest BCUT2D eigenvalue weighted by atomic mass is 16.5. The number of carbonyl (C=O) groups excluding carboxylic acids is 1. The Kier molecular flexibility index (Phi) is 7.45. The molecule has 0 saturated carbocycles. The van der Waals surface area contributed by atoms with Gasteiger partial charge < -0.3 is 20.1 Å². The van der Waals surface area contributed by atoms with E-state index in [2.05, 4.69) is 17.1 Å². The third kappa shape index (κ3) is 5.46. The molecule has 2 N–H and O–H groups in total. The number of carbonyl (C=O) groups is 2. The molecule has 1 aromatic carbocycles. The Bertz CT molecular complexity index is 596. The van der Waals surface area contributed by atoms with Gasteiger partial charge in [0.25, 0.3) is 5.91 Å². The molecule has 1 saturated heterocycles. The van der Waals surface area contributed by atoms with Gasteiger partial charge in [0, 0.05) is 24.3 Å². The van der Waals surface area contributed by atoms with Crippen LogP contribution in [0.2, 0.25) is 0 Å². The second-order valence-electron chi connectivity index (χ2n) is 7.05. The van der Waals surface area contributed by atoms with Gasteiger partial charge in [-0.3, -0.25) is 4.79 Å². The predicted molar refractivity (Wildman–Crippen MR) is 102 cm³/mol. The summed E-state index contributed by atoms with van der Waals surface area (Å²) in [6, 6.07) is 7.30. The molecule has 1 fully saturated rings. The van der Waals surface area contributed by atoms with Crippen LogP contribution in [-0.2, 0) is 9.53 Å². The van der Waals surface area contributed by atoms with E-state index in [1.54, 1.807) is 19.1 Å². The molecule has 2 rings (SSSR count). The van der Waals surface area contributed by atoms with Crippen LogP contribution < -0.4 is 10.2 Å². The fraction of sp³-hybridized carbons (Fsp3) is 0.600. The van der Waals surface area contributed by atoms with Crippen molar-refractivity contribution in [2.45, 2.75) is 51.5 Å². The number of aliphatic carboxylic acids is 1. The van der Waals surface area contributed by atoms with Crippen LogP contribution in [0.25, 0.3) is 0 Å². The minimum absolute atomic E-state index is 0.348. The van der Waals surface area contributed by atoms with Gasteiger partial charge in [0.1, 0.15) is 5.54 Å². The Morgan fingerprint density at radius 2 is 1.81 bits per heavy atom. The lowest BCUT2D eigenvalue weighted by Crippen LogP contribution is -2.52. The van der Waals surface area contributed by atoms with Gasteiger partial charge in [0.15, 0.2) is 0 Å². The predicted octanol–water partition coefficient (Wildman–Crippen LogP) is 3.07. The van der Waals surface area contributed by atoms with Crippen molar-refractivity contribution >= 4 is 17.6 Å².